The van der Waals surface area contributed by atoms with Crippen molar-refractivity contribution >= 4 is 11.0 Å². The Labute approximate surface area is 157 Å². The number of nitrogens with one attached hydrogen (secondary N) is 1. The lowest BCUT2D eigenvalue weighted by Gasteiger charge is -2.20. The quantitative estimate of drug-likeness (QED) is 0.646. The van der Waals surface area contributed by atoms with Gasteiger partial charge in [0, 0.05) is 32.5 Å². The zero-order valence-electron chi connectivity index (χ0n) is 15.7. The number of methoxy groups -OCH3 is 2. The lowest BCUT2D eigenvalue weighted by atomic mass is 10.0. The molecule has 2 aromatic heterocycles. The maximum Gasteiger partial charge on any atom is 0.250 e. The number of aromatic nitrogens is 3. The smallest absolute Gasteiger partial charge is 0.250 e. The number of fused-ring (bicyclic) bond motifs is 1. The Morgan fingerprint density at radius 3 is 2.78 bits per heavy atom. The van der Waals surface area contributed by atoms with Gasteiger partial charge in [-0.3, -0.25) is 5.32 Å². The summed E-state index contributed by atoms with van der Waals surface area (Å²) in [6.45, 7) is 0.592. The van der Waals surface area contributed by atoms with Gasteiger partial charge in [-0.25, -0.2) is 14.4 Å². The van der Waals surface area contributed by atoms with Crippen molar-refractivity contribution in [2.45, 2.75) is 31.5 Å². The van der Waals surface area contributed by atoms with Gasteiger partial charge in [0.1, 0.15) is 6.23 Å². The third-order valence-electron chi connectivity index (χ3n) is 5.06. The Balaban J connectivity index is 1.63. The van der Waals surface area contributed by atoms with E-state index in [1.54, 1.807) is 13.3 Å². The van der Waals surface area contributed by atoms with Crippen LogP contribution in [0.15, 0.2) is 30.7 Å². The normalized spacial score (nSPS) is 15.3. The van der Waals surface area contributed by atoms with E-state index in [9.17, 15) is 4.39 Å². The van der Waals surface area contributed by atoms with E-state index in [0.717, 1.165) is 11.0 Å². The van der Waals surface area contributed by atoms with Crippen LogP contribution in [0.2, 0.25) is 0 Å². The van der Waals surface area contributed by atoms with Crippen molar-refractivity contribution < 1.29 is 13.9 Å². The summed E-state index contributed by atoms with van der Waals surface area (Å²) in [5.41, 5.74) is 5.29. The second-order valence-corrected chi connectivity index (χ2v) is 6.89. The standard InChI is InChI=1S/C20H23FN4O2/c1-25-11-24-17-7-6-14(12-4-5-12)15(18(17)25)10-23-19(26-2)13-8-16(21)20(27-3)22-9-13/h6-9,11-12,19,23H,4-5,10H2,1-3H3. The number of imidazole rings is 1. The molecule has 27 heavy (non-hydrogen) atoms. The summed E-state index contributed by atoms with van der Waals surface area (Å²) in [6, 6.07) is 5.66. The summed E-state index contributed by atoms with van der Waals surface area (Å²) in [5, 5.41) is 3.39. The highest BCUT2D eigenvalue weighted by molar-refractivity contribution is 5.80. The van der Waals surface area contributed by atoms with E-state index < -0.39 is 12.0 Å². The fourth-order valence-corrected chi connectivity index (χ4v) is 3.57. The molecule has 1 fully saturated rings. The van der Waals surface area contributed by atoms with Crippen LogP contribution in [-0.2, 0) is 18.3 Å². The number of nitrogens with zero attached hydrogens (tertiary/aromatic N) is 3. The molecule has 1 aliphatic carbocycles. The highest BCUT2D eigenvalue weighted by atomic mass is 19.1. The van der Waals surface area contributed by atoms with Crippen LogP contribution < -0.4 is 10.1 Å². The first kappa shape index (κ1) is 17.9. The van der Waals surface area contributed by atoms with E-state index in [4.69, 9.17) is 9.47 Å². The Bertz CT molecular complexity index is 968. The van der Waals surface area contributed by atoms with Crippen molar-refractivity contribution in [3.05, 3.63) is 53.2 Å². The zero-order valence-corrected chi connectivity index (χ0v) is 15.7. The SMILES string of the molecule is COc1ncc(C(NCc2c(C3CC3)ccc3ncn(C)c23)OC)cc1F. The third kappa shape index (κ3) is 3.40. The molecule has 7 heteroatoms. The summed E-state index contributed by atoms with van der Waals surface area (Å²) in [6.07, 6.45) is 5.36. The van der Waals surface area contributed by atoms with Crippen LogP contribution in [0.4, 0.5) is 4.39 Å². The number of rotatable bonds is 7. The van der Waals surface area contributed by atoms with Crippen LogP contribution in [0, 0.1) is 5.82 Å². The topological polar surface area (TPSA) is 61.2 Å². The lowest BCUT2D eigenvalue weighted by Crippen LogP contribution is -2.24. The van der Waals surface area contributed by atoms with Gasteiger partial charge in [-0.15, -0.1) is 0 Å². The number of pyridine rings is 1. The molecule has 1 N–H and O–H groups in total. The van der Waals surface area contributed by atoms with E-state index >= 15 is 0 Å². The number of halogens is 1. The molecule has 0 spiro atoms. The van der Waals surface area contributed by atoms with Crippen molar-refractivity contribution in [3.8, 4) is 5.88 Å². The van der Waals surface area contributed by atoms with Crippen LogP contribution in [0.5, 0.6) is 5.88 Å². The molecule has 0 bridgehead atoms. The van der Waals surface area contributed by atoms with Crippen LogP contribution in [0.1, 0.15) is 41.7 Å². The lowest BCUT2D eigenvalue weighted by molar-refractivity contribution is 0.0714. The van der Waals surface area contributed by atoms with Crippen molar-refractivity contribution in [3.63, 3.8) is 0 Å². The molecular weight excluding hydrogens is 347 g/mol. The minimum absolute atomic E-state index is 0.0238. The third-order valence-corrected chi connectivity index (χ3v) is 5.06. The Hall–Kier alpha value is -2.51. The molecule has 0 aliphatic heterocycles. The zero-order chi connectivity index (χ0) is 19.0. The first-order valence-electron chi connectivity index (χ1n) is 9.00. The van der Waals surface area contributed by atoms with Crippen molar-refractivity contribution in [2.75, 3.05) is 14.2 Å². The van der Waals surface area contributed by atoms with Gasteiger partial charge in [0.25, 0.3) is 0 Å². The highest BCUT2D eigenvalue weighted by Gasteiger charge is 2.28. The van der Waals surface area contributed by atoms with Gasteiger partial charge in [-0.2, -0.15) is 0 Å². The van der Waals surface area contributed by atoms with Crippen molar-refractivity contribution in [1.82, 2.24) is 19.9 Å². The van der Waals surface area contributed by atoms with Gasteiger partial charge in [0.05, 0.1) is 24.5 Å². The summed E-state index contributed by atoms with van der Waals surface area (Å²) in [5.74, 6) is 0.0812. The van der Waals surface area contributed by atoms with Gasteiger partial charge in [-0.05, 0) is 42.0 Å². The van der Waals surface area contributed by atoms with E-state index in [2.05, 4.69) is 32.0 Å². The fourth-order valence-electron chi connectivity index (χ4n) is 3.57. The largest absolute Gasteiger partial charge is 0.479 e. The average molecular weight is 370 g/mol. The monoisotopic (exact) mass is 370 g/mol. The average Bonchev–Trinajstić information content (AvgIpc) is 3.45. The molecular formula is C20H23FN4O2. The van der Waals surface area contributed by atoms with E-state index in [1.807, 2.05) is 13.4 Å². The molecule has 2 heterocycles. The molecule has 0 radical (unpaired) electrons. The summed E-state index contributed by atoms with van der Waals surface area (Å²) < 4.78 is 26.5. The van der Waals surface area contributed by atoms with Gasteiger partial charge in [0.15, 0.2) is 5.82 Å². The first-order chi connectivity index (χ1) is 13.1. The summed E-state index contributed by atoms with van der Waals surface area (Å²) in [7, 11) is 4.99. The second-order valence-electron chi connectivity index (χ2n) is 6.89. The van der Waals surface area contributed by atoms with E-state index in [-0.39, 0.29) is 5.88 Å². The number of aryl methyl sites for hydroxylation is 1. The number of ether oxygens (including phenoxy) is 2. The molecule has 1 aliphatic rings. The van der Waals surface area contributed by atoms with Gasteiger partial charge < -0.3 is 14.0 Å². The molecule has 4 rings (SSSR count). The van der Waals surface area contributed by atoms with Gasteiger partial charge in [0.2, 0.25) is 5.88 Å². The predicted molar refractivity (Wildman–Crippen MR) is 100 cm³/mol. The van der Waals surface area contributed by atoms with Gasteiger partial charge >= 0.3 is 0 Å². The Kier molecular flexibility index (Phi) is 4.80. The second kappa shape index (κ2) is 7.25. The molecule has 1 unspecified atom stereocenters. The fraction of sp³-hybridized carbons (Fsp3) is 0.400. The van der Waals surface area contributed by atoms with Gasteiger partial charge in [-0.1, -0.05) is 6.07 Å². The summed E-state index contributed by atoms with van der Waals surface area (Å²) >= 11 is 0. The Morgan fingerprint density at radius 2 is 2.11 bits per heavy atom. The summed E-state index contributed by atoms with van der Waals surface area (Å²) in [4.78, 5) is 8.47. The minimum atomic E-state index is -0.508. The molecule has 6 nitrogen and oxygen atoms in total. The van der Waals surface area contributed by atoms with Crippen LogP contribution in [0.3, 0.4) is 0 Å². The Morgan fingerprint density at radius 1 is 1.30 bits per heavy atom. The van der Waals surface area contributed by atoms with Crippen LogP contribution in [-0.4, -0.2) is 28.8 Å². The molecule has 1 atom stereocenters. The molecule has 1 saturated carbocycles. The number of benzene rings is 1. The number of hydrogen-bond acceptors (Lipinski definition) is 5. The first-order valence-corrected chi connectivity index (χ1v) is 9.00. The molecule has 142 valence electrons. The minimum Gasteiger partial charge on any atom is -0.479 e. The maximum absolute atomic E-state index is 14.0. The van der Waals surface area contributed by atoms with Crippen molar-refractivity contribution in [1.29, 1.82) is 0 Å². The maximum atomic E-state index is 14.0. The number of hydrogen-bond donors (Lipinski definition) is 1. The highest BCUT2D eigenvalue weighted by Crippen LogP contribution is 2.43. The van der Waals surface area contributed by atoms with E-state index in [1.165, 1.54) is 37.1 Å². The predicted octanol–water partition coefficient (Wildman–Crippen LogP) is 3.43. The molecule has 3 aromatic rings. The van der Waals surface area contributed by atoms with Crippen LogP contribution in [0.25, 0.3) is 11.0 Å². The van der Waals surface area contributed by atoms with E-state index in [0.29, 0.717) is 18.0 Å². The molecule has 0 amide bonds. The van der Waals surface area contributed by atoms with Crippen LogP contribution >= 0.6 is 0 Å². The molecule has 1 aromatic carbocycles. The van der Waals surface area contributed by atoms with Crippen molar-refractivity contribution in [2.24, 2.45) is 7.05 Å². The molecule has 0 saturated heterocycles.